The quantitative estimate of drug-likeness (QED) is 0.284. The van der Waals surface area contributed by atoms with Crippen LogP contribution in [0, 0.1) is 0 Å². The Morgan fingerprint density at radius 3 is 2.38 bits per heavy atom. The van der Waals surface area contributed by atoms with Crippen LogP contribution in [0.5, 0.6) is 0 Å². The van der Waals surface area contributed by atoms with E-state index >= 15 is 0 Å². The summed E-state index contributed by atoms with van der Waals surface area (Å²) in [5.74, 6) is -0.781. The molecule has 0 saturated carbocycles. The third kappa shape index (κ3) is 4.62. The molecule has 4 rings (SSSR count). The first kappa shape index (κ1) is 23.0. The van der Waals surface area contributed by atoms with Gasteiger partial charge in [-0.2, -0.15) is 5.10 Å². The van der Waals surface area contributed by atoms with Gasteiger partial charge in [0, 0.05) is 17.2 Å². The van der Waals surface area contributed by atoms with Gasteiger partial charge in [0.15, 0.2) is 0 Å². The Morgan fingerprint density at radius 1 is 0.912 bits per heavy atom. The molecule has 1 heterocycles. The number of allylic oxidation sites excluding steroid dienone is 1. The molecule has 0 fully saturated rings. The van der Waals surface area contributed by atoms with Crippen molar-refractivity contribution in [3.05, 3.63) is 95.2 Å². The molecule has 0 aliphatic heterocycles. The lowest BCUT2D eigenvalue weighted by atomic mass is 9.92. The first-order valence-corrected chi connectivity index (χ1v) is 10.9. The van der Waals surface area contributed by atoms with E-state index in [1.54, 1.807) is 13.0 Å². The van der Waals surface area contributed by atoms with Crippen molar-refractivity contribution >= 4 is 28.4 Å². The molecule has 0 atom stereocenters. The average Bonchev–Trinajstić information content (AvgIpc) is 3.28. The van der Waals surface area contributed by atoms with E-state index in [1.807, 2.05) is 78.5 Å². The Labute approximate surface area is 198 Å². The number of hydrogen-bond acceptors (Lipinski definition) is 5. The number of fused-ring (bicyclic) bond motifs is 1. The van der Waals surface area contributed by atoms with Crippen LogP contribution in [0.1, 0.15) is 35.3 Å². The molecule has 0 unspecified atom stereocenters. The lowest BCUT2D eigenvalue weighted by Gasteiger charge is -2.14. The molecular weight excluding hydrogens is 428 g/mol. The number of ether oxygens (including phenoxy) is 2. The van der Waals surface area contributed by atoms with Crippen molar-refractivity contribution < 1.29 is 19.1 Å². The van der Waals surface area contributed by atoms with Gasteiger partial charge in [0.25, 0.3) is 0 Å². The Balaban J connectivity index is 1.86. The summed E-state index contributed by atoms with van der Waals surface area (Å²) in [7, 11) is 2.74. The van der Waals surface area contributed by atoms with Crippen LogP contribution in [-0.4, -0.2) is 35.9 Å². The lowest BCUT2D eigenvalue weighted by Crippen LogP contribution is -2.06. The van der Waals surface area contributed by atoms with Crippen molar-refractivity contribution in [1.82, 2.24) is 9.78 Å². The molecule has 0 spiro atoms. The van der Waals surface area contributed by atoms with Gasteiger partial charge in [-0.1, -0.05) is 36.4 Å². The van der Waals surface area contributed by atoms with Crippen molar-refractivity contribution in [1.29, 1.82) is 0 Å². The monoisotopic (exact) mass is 454 g/mol. The van der Waals surface area contributed by atoms with Gasteiger partial charge in [0.05, 0.1) is 31.8 Å². The second-order valence-corrected chi connectivity index (χ2v) is 8.08. The largest absolute Gasteiger partial charge is 0.466 e. The highest BCUT2D eigenvalue weighted by Gasteiger charge is 2.16. The van der Waals surface area contributed by atoms with Crippen LogP contribution in [0.3, 0.4) is 0 Å². The summed E-state index contributed by atoms with van der Waals surface area (Å²) in [5, 5.41) is 5.74. The van der Waals surface area contributed by atoms with Gasteiger partial charge in [-0.25, -0.2) is 9.59 Å². The fourth-order valence-electron chi connectivity index (χ4n) is 3.98. The smallest absolute Gasteiger partial charge is 0.338 e. The van der Waals surface area contributed by atoms with Crippen LogP contribution >= 0.6 is 0 Å². The Morgan fingerprint density at radius 2 is 1.65 bits per heavy atom. The summed E-state index contributed by atoms with van der Waals surface area (Å²) in [6.45, 7) is 4.17. The molecular formula is C28H26N2O4. The minimum atomic E-state index is -0.404. The maximum absolute atomic E-state index is 12.4. The number of methoxy groups -OCH3 is 2. The van der Waals surface area contributed by atoms with E-state index in [2.05, 4.69) is 5.10 Å². The molecule has 34 heavy (non-hydrogen) atoms. The van der Waals surface area contributed by atoms with E-state index in [-0.39, 0.29) is 5.97 Å². The molecule has 0 saturated heterocycles. The first-order chi connectivity index (χ1) is 16.4. The number of aromatic nitrogens is 2. The predicted octanol–water partition coefficient (Wildman–Crippen LogP) is 5.50. The van der Waals surface area contributed by atoms with E-state index in [1.165, 1.54) is 14.2 Å². The Bertz CT molecular complexity index is 1380. The zero-order valence-electron chi connectivity index (χ0n) is 19.7. The Kier molecular flexibility index (Phi) is 6.59. The second kappa shape index (κ2) is 9.75. The summed E-state index contributed by atoms with van der Waals surface area (Å²) in [4.78, 5) is 24.6. The van der Waals surface area contributed by atoms with Gasteiger partial charge in [0.2, 0.25) is 0 Å². The standard InChI is InChI=1S/C28H26N2O4/c1-18(19(2)27(31)33-3)22-13-20(16-30-17-21-9-5-8-12-26(21)29-30)14-23(15-22)24-10-6-7-11-25(24)28(32)34-4/h5-15,17H,16H2,1-4H3/b19-18-. The van der Waals surface area contributed by atoms with Gasteiger partial charge >= 0.3 is 11.9 Å². The molecule has 0 radical (unpaired) electrons. The number of nitrogens with zero attached hydrogens (tertiary/aromatic N) is 2. The van der Waals surface area contributed by atoms with Crippen molar-refractivity contribution in [3.8, 4) is 11.1 Å². The van der Waals surface area contributed by atoms with E-state index in [9.17, 15) is 9.59 Å². The molecule has 0 bridgehead atoms. The highest BCUT2D eigenvalue weighted by Crippen LogP contribution is 2.30. The van der Waals surface area contributed by atoms with Crippen LogP contribution in [0.2, 0.25) is 0 Å². The SMILES string of the molecule is COC(=O)/C(C)=C(/C)c1cc(Cn2cc3ccccc3n2)cc(-c2ccccc2C(=O)OC)c1. The topological polar surface area (TPSA) is 70.4 Å². The predicted molar refractivity (Wildman–Crippen MR) is 132 cm³/mol. The van der Waals surface area contributed by atoms with Gasteiger partial charge in [-0.3, -0.25) is 4.68 Å². The lowest BCUT2D eigenvalue weighted by molar-refractivity contribution is -0.135. The molecule has 1 aromatic heterocycles. The van der Waals surface area contributed by atoms with Gasteiger partial charge in [-0.05, 0) is 72.0 Å². The summed E-state index contributed by atoms with van der Waals surface area (Å²) >= 11 is 0. The number of esters is 2. The van der Waals surface area contributed by atoms with E-state index < -0.39 is 5.97 Å². The number of carbonyl (C=O) groups is 2. The molecule has 0 N–H and O–H groups in total. The summed E-state index contributed by atoms with van der Waals surface area (Å²) in [6, 6.07) is 21.3. The molecule has 3 aromatic carbocycles. The fraction of sp³-hybridized carbons (Fsp3) is 0.179. The highest BCUT2D eigenvalue weighted by atomic mass is 16.5. The van der Waals surface area contributed by atoms with Crippen molar-refractivity contribution in [3.63, 3.8) is 0 Å². The molecule has 0 amide bonds. The third-order valence-electron chi connectivity index (χ3n) is 5.93. The fourth-order valence-corrected chi connectivity index (χ4v) is 3.98. The minimum Gasteiger partial charge on any atom is -0.466 e. The highest BCUT2D eigenvalue weighted by molar-refractivity contribution is 5.99. The van der Waals surface area contributed by atoms with Crippen molar-refractivity contribution in [2.75, 3.05) is 14.2 Å². The molecule has 0 aliphatic carbocycles. The van der Waals surface area contributed by atoms with Crippen molar-refractivity contribution in [2.24, 2.45) is 0 Å². The number of benzene rings is 3. The van der Waals surface area contributed by atoms with Crippen molar-refractivity contribution in [2.45, 2.75) is 20.4 Å². The minimum absolute atomic E-state index is 0.377. The Hall–Kier alpha value is -4.19. The number of hydrogen-bond donors (Lipinski definition) is 0. The van der Waals surface area contributed by atoms with Crippen LogP contribution in [-0.2, 0) is 20.8 Å². The van der Waals surface area contributed by atoms with Crippen LogP contribution in [0.4, 0.5) is 0 Å². The average molecular weight is 455 g/mol. The number of rotatable bonds is 6. The number of carbonyl (C=O) groups excluding carboxylic acids is 2. The van der Waals surface area contributed by atoms with Gasteiger partial charge < -0.3 is 9.47 Å². The third-order valence-corrected chi connectivity index (χ3v) is 5.93. The second-order valence-electron chi connectivity index (χ2n) is 8.08. The zero-order valence-corrected chi connectivity index (χ0v) is 19.7. The molecule has 6 heteroatoms. The summed E-state index contributed by atoms with van der Waals surface area (Å²) in [6.07, 6.45) is 2.01. The maximum Gasteiger partial charge on any atom is 0.338 e. The van der Waals surface area contributed by atoms with Crippen LogP contribution in [0.25, 0.3) is 27.6 Å². The summed E-state index contributed by atoms with van der Waals surface area (Å²) < 4.78 is 11.8. The first-order valence-electron chi connectivity index (χ1n) is 10.9. The van der Waals surface area contributed by atoms with Gasteiger partial charge in [-0.15, -0.1) is 0 Å². The summed E-state index contributed by atoms with van der Waals surface area (Å²) in [5.41, 5.74) is 6.18. The van der Waals surface area contributed by atoms with Crippen LogP contribution in [0.15, 0.2) is 78.5 Å². The van der Waals surface area contributed by atoms with E-state index in [0.717, 1.165) is 38.7 Å². The molecule has 0 aliphatic rings. The molecule has 172 valence electrons. The van der Waals surface area contributed by atoms with Crippen LogP contribution < -0.4 is 0 Å². The van der Waals surface area contributed by atoms with E-state index in [4.69, 9.17) is 9.47 Å². The van der Waals surface area contributed by atoms with Gasteiger partial charge in [0.1, 0.15) is 0 Å². The normalized spacial score (nSPS) is 11.8. The maximum atomic E-state index is 12.4. The molecule has 6 nitrogen and oxygen atoms in total. The molecule has 4 aromatic rings. The zero-order chi connectivity index (χ0) is 24.2. The van der Waals surface area contributed by atoms with E-state index in [0.29, 0.717) is 17.7 Å².